The van der Waals surface area contributed by atoms with Crippen molar-refractivity contribution in [3.8, 4) is 5.75 Å². The topological polar surface area (TPSA) is 58.6 Å². The number of nitrogens with one attached hydrogen (secondary N) is 1. The third-order valence-electron chi connectivity index (χ3n) is 2.76. The summed E-state index contributed by atoms with van der Waals surface area (Å²) in [7, 11) is 0. The number of phenols is 1. The fourth-order valence-electron chi connectivity index (χ4n) is 1.80. The van der Waals surface area contributed by atoms with Gasteiger partial charge in [0.25, 0.3) is 5.91 Å². The molecule has 1 heterocycles. The van der Waals surface area contributed by atoms with Gasteiger partial charge in [0, 0.05) is 25.3 Å². The normalized spacial score (nSPS) is 16.8. The minimum atomic E-state index is -0.565. The zero-order chi connectivity index (χ0) is 12.3. The van der Waals surface area contributed by atoms with Crippen LogP contribution < -0.4 is 5.32 Å². The summed E-state index contributed by atoms with van der Waals surface area (Å²) in [4.78, 5) is 11.8. The minimum Gasteiger partial charge on any atom is -0.507 e. The maximum Gasteiger partial charge on any atom is 0.255 e. The molecule has 0 radical (unpaired) electrons. The summed E-state index contributed by atoms with van der Waals surface area (Å²) in [6.07, 6.45) is 1.52. The van der Waals surface area contributed by atoms with Gasteiger partial charge in [0.1, 0.15) is 11.6 Å². The number of benzene rings is 1. The van der Waals surface area contributed by atoms with Gasteiger partial charge < -0.3 is 15.2 Å². The molecule has 1 saturated heterocycles. The van der Waals surface area contributed by atoms with Crippen molar-refractivity contribution in [3.05, 3.63) is 29.6 Å². The van der Waals surface area contributed by atoms with Crippen molar-refractivity contribution in [2.75, 3.05) is 13.2 Å². The van der Waals surface area contributed by atoms with E-state index in [0.717, 1.165) is 25.0 Å². The third-order valence-corrected chi connectivity index (χ3v) is 2.76. The Morgan fingerprint density at radius 3 is 2.76 bits per heavy atom. The number of rotatable bonds is 2. The number of amides is 1. The Morgan fingerprint density at radius 1 is 1.41 bits per heavy atom. The summed E-state index contributed by atoms with van der Waals surface area (Å²) < 4.78 is 17.9. The molecule has 4 nitrogen and oxygen atoms in total. The molecule has 1 fully saturated rings. The van der Waals surface area contributed by atoms with Crippen LogP contribution in [-0.4, -0.2) is 30.3 Å². The lowest BCUT2D eigenvalue weighted by molar-refractivity contribution is 0.0695. The van der Waals surface area contributed by atoms with Gasteiger partial charge in [0.2, 0.25) is 0 Å². The number of carbonyl (C=O) groups excluding carboxylic acids is 1. The van der Waals surface area contributed by atoms with Crippen molar-refractivity contribution < 1.29 is 19.0 Å². The zero-order valence-electron chi connectivity index (χ0n) is 9.28. The number of hydrogen-bond acceptors (Lipinski definition) is 3. The Morgan fingerprint density at radius 2 is 2.12 bits per heavy atom. The first-order valence-electron chi connectivity index (χ1n) is 5.54. The Bertz CT molecular complexity index is 416. The zero-order valence-corrected chi connectivity index (χ0v) is 9.28. The molecule has 1 aromatic rings. The Balaban J connectivity index is 2.03. The van der Waals surface area contributed by atoms with Gasteiger partial charge in [-0.25, -0.2) is 4.39 Å². The molecule has 0 spiro atoms. The van der Waals surface area contributed by atoms with Gasteiger partial charge in [-0.3, -0.25) is 4.79 Å². The van der Waals surface area contributed by atoms with Crippen LogP contribution in [0.2, 0.25) is 0 Å². The first kappa shape index (κ1) is 11.9. The first-order valence-corrected chi connectivity index (χ1v) is 5.54. The van der Waals surface area contributed by atoms with Gasteiger partial charge in [-0.1, -0.05) is 0 Å². The van der Waals surface area contributed by atoms with Crippen molar-refractivity contribution in [3.63, 3.8) is 0 Å². The fourth-order valence-corrected chi connectivity index (χ4v) is 1.80. The highest BCUT2D eigenvalue weighted by atomic mass is 19.1. The standard InChI is InChI=1S/C12H14FNO3/c13-8-1-2-10(11(15)7-8)12(16)14-9-3-5-17-6-4-9/h1-2,7,9,15H,3-6H2,(H,14,16). The molecule has 0 atom stereocenters. The summed E-state index contributed by atoms with van der Waals surface area (Å²) >= 11 is 0. The summed E-state index contributed by atoms with van der Waals surface area (Å²) in [5, 5.41) is 12.3. The van der Waals surface area contributed by atoms with Gasteiger partial charge in [-0.2, -0.15) is 0 Å². The molecule has 0 aromatic heterocycles. The van der Waals surface area contributed by atoms with Gasteiger partial charge in [0.15, 0.2) is 0 Å². The van der Waals surface area contributed by atoms with Crippen LogP contribution in [0.25, 0.3) is 0 Å². The molecule has 0 saturated carbocycles. The molecular formula is C12H14FNO3. The number of halogens is 1. The van der Waals surface area contributed by atoms with Crippen LogP contribution in [0.5, 0.6) is 5.75 Å². The number of ether oxygens (including phenoxy) is 1. The molecule has 1 aliphatic rings. The molecule has 17 heavy (non-hydrogen) atoms. The molecule has 2 rings (SSSR count). The average Bonchev–Trinajstić information content (AvgIpc) is 2.30. The lowest BCUT2D eigenvalue weighted by atomic mass is 10.1. The van der Waals surface area contributed by atoms with E-state index < -0.39 is 5.82 Å². The quantitative estimate of drug-likeness (QED) is 0.821. The molecule has 1 aromatic carbocycles. The molecule has 92 valence electrons. The number of hydrogen-bond donors (Lipinski definition) is 2. The molecule has 0 bridgehead atoms. The van der Waals surface area contributed by atoms with Crippen LogP contribution in [-0.2, 0) is 4.74 Å². The SMILES string of the molecule is O=C(NC1CCOCC1)c1ccc(F)cc1O. The van der Waals surface area contributed by atoms with Gasteiger partial charge in [0.05, 0.1) is 5.56 Å². The molecular weight excluding hydrogens is 225 g/mol. The average molecular weight is 239 g/mol. The van der Waals surface area contributed by atoms with E-state index in [1.165, 1.54) is 6.07 Å². The van der Waals surface area contributed by atoms with E-state index in [9.17, 15) is 14.3 Å². The summed E-state index contributed by atoms with van der Waals surface area (Å²) in [5.41, 5.74) is 0.0953. The van der Waals surface area contributed by atoms with Crippen LogP contribution in [0.1, 0.15) is 23.2 Å². The first-order chi connectivity index (χ1) is 8.16. The molecule has 1 aliphatic heterocycles. The molecule has 1 amide bonds. The maximum absolute atomic E-state index is 12.8. The smallest absolute Gasteiger partial charge is 0.255 e. The predicted molar refractivity (Wildman–Crippen MR) is 59.4 cm³/mol. The van der Waals surface area contributed by atoms with Crippen molar-refractivity contribution in [1.82, 2.24) is 5.32 Å². The molecule has 2 N–H and O–H groups in total. The lowest BCUT2D eigenvalue weighted by Gasteiger charge is -2.23. The van der Waals surface area contributed by atoms with E-state index in [4.69, 9.17) is 4.74 Å². The summed E-state index contributed by atoms with van der Waals surface area (Å²) in [6, 6.07) is 3.41. The number of phenolic OH excluding ortho intramolecular Hbond substituents is 1. The van der Waals surface area contributed by atoms with Gasteiger partial charge in [-0.05, 0) is 25.0 Å². The van der Waals surface area contributed by atoms with E-state index in [1.54, 1.807) is 0 Å². The van der Waals surface area contributed by atoms with Crippen molar-refractivity contribution in [1.29, 1.82) is 0 Å². The Kier molecular flexibility index (Phi) is 3.58. The van der Waals surface area contributed by atoms with E-state index in [2.05, 4.69) is 5.32 Å². The monoisotopic (exact) mass is 239 g/mol. The minimum absolute atomic E-state index is 0.0562. The molecule has 0 aliphatic carbocycles. The summed E-state index contributed by atoms with van der Waals surface area (Å²) in [5.74, 6) is -1.28. The second-order valence-electron chi connectivity index (χ2n) is 4.02. The highest BCUT2D eigenvalue weighted by Crippen LogP contribution is 2.18. The third kappa shape index (κ3) is 2.94. The highest BCUT2D eigenvalue weighted by molar-refractivity contribution is 5.96. The van der Waals surface area contributed by atoms with Crippen LogP contribution >= 0.6 is 0 Å². The maximum atomic E-state index is 12.8. The van der Waals surface area contributed by atoms with Crippen LogP contribution in [0.4, 0.5) is 4.39 Å². The van der Waals surface area contributed by atoms with E-state index >= 15 is 0 Å². The molecule has 0 unspecified atom stereocenters. The molecule has 5 heteroatoms. The van der Waals surface area contributed by atoms with E-state index in [-0.39, 0.29) is 23.3 Å². The summed E-state index contributed by atoms with van der Waals surface area (Å²) in [6.45, 7) is 1.25. The van der Waals surface area contributed by atoms with Crippen molar-refractivity contribution in [2.45, 2.75) is 18.9 Å². The van der Waals surface area contributed by atoms with Crippen LogP contribution in [0.3, 0.4) is 0 Å². The Labute approximate surface area is 98.4 Å². The largest absolute Gasteiger partial charge is 0.507 e. The second-order valence-corrected chi connectivity index (χ2v) is 4.02. The predicted octanol–water partition coefficient (Wildman–Crippen LogP) is 1.44. The van der Waals surface area contributed by atoms with Gasteiger partial charge >= 0.3 is 0 Å². The Hall–Kier alpha value is -1.62. The number of carbonyl (C=O) groups is 1. The number of aromatic hydroxyl groups is 1. The van der Waals surface area contributed by atoms with Crippen molar-refractivity contribution in [2.24, 2.45) is 0 Å². The van der Waals surface area contributed by atoms with E-state index in [0.29, 0.717) is 13.2 Å². The van der Waals surface area contributed by atoms with Crippen molar-refractivity contribution >= 4 is 5.91 Å². The highest BCUT2D eigenvalue weighted by Gasteiger charge is 2.18. The van der Waals surface area contributed by atoms with E-state index in [1.807, 2.05) is 0 Å². The van der Waals surface area contributed by atoms with Crippen LogP contribution in [0, 0.1) is 5.82 Å². The lowest BCUT2D eigenvalue weighted by Crippen LogP contribution is -2.38. The fraction of sp³-hybridized carbons (Fsp3) is 0.417. The van der Waals surface area contributed by atoms with Gasteiger partial charge in [-0.15, -0.1) is 0 Å². The second kappa shape index (κ2) is 5.14. The van der Waals surface area contributed by atoms with Crippen LogP contribution in [0.15, 0.2) is 18.2 Å².